The summed E-state index contributed by atoms with van der Waals surface area (Å²) in [5.74, 6) is 0.546. The number of aliphatic hydroxyl groups excluding tert-OH is 1. The molecule has 2 nitrogen and oxygen atoms in total. The molecule has 0 spiro atoms. The maximum absolute atomic E-state index is 8.98. The molecule has 0 amide bonds. The lowest BCUT2D eigenvalue weighted by molar-refractivity contribution is 0.221. The molecule has 1 rings (SSSR count). The number of hydrogen-bond acceptors (Lipinski definition) is 3. The van der Waals surface area contributed by atoms with Crippen molar-refractivity contribution in [1.82, 2.24) is 4.90 Å². The first kappa shape index (κ1) is 11.3. The lowest BCUT2D eigenvalue weighted by Gasteiger charge is -2.17. The van der Waals surface area contributed by atoms with Crippen molar-refractivity contribution in [2.24, 2.45) is 5.92 Å². The number of nitrogens with zero attached hydrogens (tertiary/aromatic N) is 1. The van der Waals surface area contributed by atoms with E-state index in [4.69, 9.17) is 5.11 Å². The van der Waals surface area contributed by atoms with Gasteiger partial charge >= 0.3 is 0 Å². The Hall–Kier alpha value is 0.270. The molecule has 3 heteroatoms. The van der Waals surface area contributed by atoms with Crippen LogP contribution in [0, 0.1) is 5.92 Å². The topological polar surface area (TPSA) is 23.5 Å². The Morgan fingerprint density at radius 1 is 1.62 bits per heavy atom. The molecule has 2 unspecified atom stereocenters. The fourth-order valence-electron chi connectivity index (χ4n) is 1.75. The lowest BCUT2D eigenvalue weighted by Crippen LogP contribution is -2.24. The van der Waals surface area contributed by atoms with Gasteiger partial charge in [0.25, 0.3) is 0 Å². The highest BCUT2D eigenvalue weighted by Crippen LogP contribution is 2.17. The van der Waals surface area contributed by atoms with Crippen molar-refractivity contribution in [2.45, 2.75) is 25.0 Å². The number of likely N-dealkylation sites (tertiary alicyclic amines) is 1. The Morgan fingerprint density at radius 2 is 2.38 bits per heavy atom. The molecular weight excluding hydrogens is 182 g/mol. The van der Waals surface area contributed by atoms with Crippen LogP contribution in [-0.2, 0) is 0 Å². The van der Waals surface area contributed by atoms with E-state index in [9.17, 15) is 0 Å². The van der Waals surface area contributed by atoms with E-state index in [0.29, 0.717) is 12.5 Å². The first-order valence-corrected chi connectivity index (χ1v) is 6.41. The second kappa shape index (κ2) is 5.89. The summed E-state index contributed by atoms with van der Waals surface area (Å²) in [6, 6.07) is 0. The van der Waals surface area contributed by atoms with Crippen molar-refractivity contribution in [2.75, 3.05) is 32.5 Å². The average Bonchev–Trinajstić information content (AvgIpc) is 2.61. The van der Waals surface area contributed by atoms with E-state index in [1.54, 1.807) is 0 Å². The van der Waals surface area contributed by atoms with Crippen LogP contribution in [0.25, 0.3) is 0 Å². The molecule has 0 aromatic rings. The van der Waals surface area contributed by atoms with Crippen LogP contribution in [0.2, 0.25) is 0 Å². The quantitative estimate of drug-likeness (QED) is 0.731. The molecule has 0 radical (unpaired) electrons. The van der Waals surface area contributed by atoms with Crippen molar-refractivity contribution in [1.29, 1.82) is 0 Å². The van der Waals surface area contributed by atoms with E-state index >= 15 is 0 Å². The van der Waals surface area contributed by atoms with E-state index in [-0.39, 0.29) is 0 Å². The standard InChI is InChI=1S/C10H21NOS/c1-9(13-2)3-5-11-6-4-10(7-11)8-12/h9-10,12H,3-8H2,1-2H3. The van der Waals surface area contributed by atoms with E-state index in [1.165, 1.54) is 25.9 Å². The summed E-state index contributed by atoms with van der Waals surface area (Å²) >= 11 is 1.94. The summed E-state index contributed by atoms with van der Waals surface area (Å²) in [6.45, 7) is 6.15. The molecule has 0 aliphatic carbocycles. The highest BCUT2D eigenvalue weighted by molar-refractivity contribution is 7.99. The summed E-state index contributed by atoms with van der Waals surface area (Å²) in [4.78, 5) is 2.48. The predicted molar refractivity (Wildman–Crippen MR) is 59.2 cm³/mol. The maximum Gasteiger partial charge on any atom is 0.0471 e. The Labute approximate surface area is 85.7 Å². The van der Waals surface area contributed by atoms with Gasteiger partial charge in [-0.2, -0.15) is 11.8 Å². The van der Waals surface area contributed by atoms with Crippen molar-refractivity contribution in [3.8, 4) is 0 Å². The van der Waals surface area contributed by atoms with E-state index in [0.717, 1.165) is 11.8 Å². The van der Waals surface area contributed by atoms with Crippen molar-refractivity contribution in [3.05, 3.63) is 0 Å². The predicted octanol–water partition coefficient (Wildman–Crippen LogP) is 1.44. The van der Waals surface area contributed by atoms with Crippen LogP contribution in [-0.4, -0.2) is 47.8 Å². The normalized spacial score (nSPS) is 26.5. The second-order valence-corrected chi connectivity index (χ2v) is 5.25. The highest BCUT2D eigenvalue weighted by Gasteiger charge is 2.21. The zero-order chi connectivity index (χ0) is 9.68. The molecule has 78 valence electrons. The Bertz CT molecular complexity index is 143. The molecule has 0 aromatic carbocycles. The Kier molecular flexibility index (Phi) is 5.14. The molecule has 1 aliphatic rings. The maximum atomic E-state index is 8.98. The molecule has 0 saturated carbocycles. The van der Waals surface area contributed by atoms with Crippen LogP contribution in [0.4, 0.5) is 0 Å². The monoisotopic (exact) mass is 203 g/mol. The first-order chi connectivity index (χ1) is 6.26. The summed E-state index contributed by atoms with van der Waals surface area (Å²) in [5, 5.41) is 9.75. The third-order valence-corrected chi connectivity index (χ3v) is 3.92. The van der Waals surface area contributed by atoms with Crippen molar-refractivity contribution in [3.63, 3.8) is 0 Å². The highest BCUT2D eigenvalue weighted by atomic mass is 32.2. The zero-order valence-corrected chi connectivity index (χ0v) is 9.52. The minimum absolute atomic E-state index is 0.370. The minimum atomic E-state index is 0.370. The SMILES string of the molecule is CSC(C)CCN1CCC(CO)C1. The van der Waals surface area contributed by atoms with Crippen LogP contribution in [0.1, 0.15) is 19.8 Å². The van der Waals surface area contributed by atoms with E-state index < -0.39 is 0 Å². The number of rotatable bonds is 5. The van der Waals surface area contributed by atoms with Crippen LogP contribution in [0.15, 0.2) is 0 Å². The fourth-order valence-corrected chi connectivity index (χ4v) is 2.09. The molecule has 2 atom stereocenters. The van der Waals surface area contributed by atoms with Crippen LogP contribution >= 0.6 is 11.8 Å². The molecule has 1 saturated heterocycles. The fraction of sp³-hybridized carbons (Fsp3) is 1.00. The van der Waals surface area contributed by atoms with Gasteiger partial charge < -0.3 is 10.0 Å². The summed E-state index contributed by atoms with van der Waals surface area (Å²) in [7, 11) is 0. The third kappa shape index (κ3) is 3.88. The summed E-state index contributed by atoms with van der Waals surface area (Å²) < 4.78 is 0. The van der Waals surface area contributed by atoms with Crippen molar-refractivity contribution >= 4 is 11.8 Å². The van der Waals surface area contributed by atoms with Gasteiger partial charge in [0.05, 0.1) is 0 Å². The largest absolute Gasteiger partial charge is 0.396 e. The molecule has 0 aromatic heterocycles. The lowest BCUT2D eigenvalue weighted by atomic mass is 10.1. The van der Waals surface area contributed by atoms with E-state index in [1.807, 2.05) is 11.8 Å². The van der Waals surface area contributed by atoms with Gasteiger partial charge in [-0.3, -0.25) is 0 Å². The molecule has 1 N–H and O–H groups in total. The molecule has 0 bridgehead atoms. The molecular formula is C10H21NOS. The zero-order valence-electron chi connectivity index (χ0n) is 8.70. The van der Waals surface area contributed by atoms with Gasteiger partial charge in [-0.05, 0) is 38.1 Å². The van der Waals surface area contributed by atoms with Gasteiger partial charge in [0.1, 0.15) is 0 Å². The first-order valence-electron chi connectivity index (χ1n) is 5.12. The van der Waals surface area contributed by atoms with E-state index in [2.05, 4.69) is 18.1 Å². The van der Waals surface area contributed by atoms with Gasteiger partial charge in [0.15, 0.2) is 0 Å². The third-order valence-electron chi connectivity index (χ3n) is 2.88. The van der Waals surface area contributed by atoms with Gasteiger partial charge in [0, 0.05) is 18.4 Å². The Morgan fingerprint density at radius 3 is 2.92 bits per heavy atom. The summed E-state index contributed by atoms with van der Waals surface area (Å²) in [5.41, 5.74) is 0. The van der Waals surface area contributed by atoms with Gasteiger partial charge in [-0.25, -0.2) is 0 Å². The second-order valence-electron chi connectivity index (χ2n) is 3.97. The number of aliphatic hydroxyl groups is 1. The number of thioether (sulfide) groups is 1. The summed E-state index contributed by atoms with van der Waals surface area (Å²) in [6.07, 6.45) is 4.63. The molecule has 13 heavy (non-hydrogen) atoms. The average molecular weight is 203 g/mol. The molecule has 1 heterocycles. The molecule has 1 aliphatic heterocycles. The molecule has 1 fully saturated rings. The number of hydrogen-bond donors (Lipinski definition) is 1. The Balaban J connectivity index is 2.10. The van der Waals surface area contributed by atoms with Gasteiger partial charge in [0.2, 0.25) is 0 Å². The van der Waals surface area contributed by atoms with Gasteiger partial charge in [-0.1, -0.05) is 6.92 Å². The van der Waals surface area contributed by atoms with Crippen LogP contribution < -0.4 is 0 Å². The van der Waals surface area contributed by atoms with Crippen molar-refractivity contribution < 1.29 is 5.11 Å². The smallest absolute Gasteiger partial charge is 0.0471 e. The van der Waals surface area contributed by atoms with Crippen LogP contribution in [0.5, 0.6) is 0 Å². The minimum Gasteiger partial charge on any atom is -0.396 e. The van der Waals surface area contributed by atoms with Crippen LogP contribution in [0.3, 0.4) is 0 Å². The van der Waals surface area contributed by atoms with Gasteiger partial charge in [-0.15, -0.1) is 0 Å².